The van der Waals surface area contributed by atoms with Gasteiger partial charge in [0.1, 0.15) is 12.4 Å². The molecule has 0 saturated carbocycles. The lowest BCUT2D eigenvalue weighted by Crippen LogP contribution is -2.40. The summed E-state index contributed by atoms with van der Waals surface area (Å²) in [5.74, 6) is 0.220. The fraction of sp³-hybridized carbons (Fsp3) is 0.333. The second kappa shape index (κ2) is 4.86. The number of rotatable bonds is 3. The van der Waals surface area contributed by atoms with Gasteiger partial charge in [0.25, 0.3) is 5.91 Å². The molecule has 1 fully saturated rings. The van der Waals surface area contributed by atoms with E-state index in [0.717, 1.165) is 4.90 Å². The van der Waals surface area contributed by atoms with Crippen molar-refractivity contribution in [1.29, 1.82) is 0 Å². The Morgan fingerprint density at radius 3 is 2.71 bits per heavy atom. The van der Waals surface area contributed by atoms with Crippen LogP contribution in [0.5, 0.6) is 5.75 Å². The van der Waals surface area contributed by atoms with Crippen molar-refractivity contribution >= 4 is 12.0 Å². The van der Waals surface area contributed by atoms with E-state index in [9.17, 15) is 9.59 Å². The van der Waals surface area contributed by atoms with Gasteiger partial charge in [-0.05, 0) is 19.1 Å². The maximum atomic E-state index is 11.9. The molecule has 0 N–H and O–H groups in total. The third-order valence-corrected chi connectivity index (χ3v) is 2.43. The molecule has 1 heterocycles. The molecule has 0 spiro atoms. The SMILES string of the molecule is C[C@H](Oc1ccccc1)C(=O)N1CCOC1=O. The lowest BCUT2D eigenvalue weighted by Gasteiger charge is -2.17. The van der Waals surface area contributed by atoms with E-state index in [2.05, 4.69) is 0 Å². The molecule has 5 nitrogen and oxygen atoms in total. The predicted octanol–water partition coefficient (Wildman–Crippen LogP) is 1.43. The summed E-state index contributed by atoms with van der Waals surface area (Å²) in [5, 5.41) is 0. The molecular formula is C12H13NO4. The minimum Gasteiger partial charge on any atom is -0.481 e. The van der Waals surface area contributed by atoms with Crippen molar-refractivity contribution in [2.45, 2.75) is 13.0 Å². The average molecular weight is 235 g/mol. The molecule has 2 amide bonds. The second-order valence-electron chi connectivity index (χ2n) is 3.68. The van der Waals surface area contributed by atoms with Crippen molar-refractivity contribution in [3.8, 4) is 5.75 Å². The second-order valence-corrected chi connectivity index (χ2v) is 3.68. The van der Waals surface area contributed by atoms with Crippen LogP contribution in [0.1, 0.15) is 6.92 Å². The summed E-state index contributed by atoms with van der Waals surface area (Å²) in [7, 11) is 0. The van der Waals surface area contributed by atoms with Crippen molar-refractivity contribution in [3.05, 3.63) is 30.3 Å². The van der Waals surface area contributed by atoms with E-state index in [1.165, 1.54) is 0 Å². The Morgan fingerprint density at radius 1 is 1.41 bits per heavy atom. The Morgan fingerprint density at radius 2 is 2.12 bits per heavy atom. The van der Waals surface area contributed by atoms with Crippen molar-refractivity contribution in [2.75, 3.05) is 13.2 Å². The molecule has 17 heavy (non-hydrogen) atoms. The third-order valence-electron chi connectivity index (χ3n) is 2.43. The molecule has 1 aliphatic rings. The minimum absolute atomic E-state index is 0.253. The monoisotopic (exact) mass is 235 g/mol. The molecule has 0 aliphatic carbocycles. The van der Waals surface area contributed by atoms with E-state index in [-0.39, 0.29) is 12.5 Å². The molecule has 1 atom stereocenters. The van der Waals surface area contributed by atoms with Crippen LogP contribution >= 0.6 is 0 Å². The van der Waals surface area contributed by atoms with Gasteiger partial charge in [0, 0.05) is 0 Å². The van der Waals surface area contributed by atoms with Crippen molar-refractivity contribution in [2.24, 2.45) is 0 Å². The van der Waals surface area contributed by atoms with Gasteiger partial charge in [-0.2, -0.15) is 0 Å². The zero-order valence-electron chi connectivity index (χ0n) is 9.46. The number of carbonyl (C=O) groups excluding carboxylic acids is 2. The zero-order chi connectivity index (χ0) is 12.3. The van der Waals surface area contributed by atoms with Gasteiger partial charge in [-0.3, -0.25) is 4.79 Å². The number of cyclic esters (lactones) is 1. The Hall–Kier alpha value is -2.04. The van der Waals surface area contributed by atoms with Crippen LogP contribution in [-0.4, -0.2) is 36.2 Å². The Bertz CT molecular complexity index is 418. The van der Waals surface area contributed by atoms with Crippen molar-refractivity contribution in [1.82, 2.24) is 4.90 Å². The Labute approximate surface area is 98.9 Å². The highest BCUT2D eigenvalue weighted by molar-refractivity contribution is 5.95. The molecule has 90 valence electrons. The summed E-state index contributed by atoms with van der Waals surface area (Å²) in [6.45, 7) is 2.16. The maximum Gasteiger partial charge on any atom is 0.416 e. The first-order valence-electron chi connectivity index (χ1n) is 5.38. The van der Waals surface area contributed by atoms with Crippen LogP contribution in [-0.2, 0) is 9.53 Å². The number of nitrogens with zero attached hydrogens (tertiary/aromatic N) is 1. The number of hydrogen-bond acceptors (Lipinski definition) is 4. The number of hydrogen-bond donors (Lipinski definition) is 0. The summed E-state index contributed by atoms with van der Waals surface area (Å²) >= 11 is 0. The number of ether oxygens (including phenoxy) is 2. The van der Waals surface area contributed by atoms with Gasteiger partial charge in [-0.15, -0.1) is 0 Å². The van der Waals surface area contributed by atoms with Gasteiger partial charge < -0.3 is 9.47 Å². The van der Waals surface area contributed by atoms with E-state index >= 15 is 0 Å². The molecule has 1 aromatic rings. The molecule has 1 aromatic carbocycles. The minimum atomic E-state index is -0.706. The Balaban J connectivity index is 1.98. The topological polar surface area (TPSA) is 55.8 Å². The van der Waals surface area contributed by atoms with Crippen LogP contribution in [0, 0.1) is 0 Å². The quantitative estimate of drug-likeness (QED) is 0.795. The van der Waals surface area contributed by atoms with Crippen LogP contribution in [0.25, 0.3) is 0 Å². The third kappa shape index (κ3) is 2.55. The van der Waals surface area contributed by atoms with Crippen LogP contribution in [0.3, 0.4) is 0 Å². The zero-order valence-corrected chi connectivity index (χ0v) is 9.46. The van der Waals surface area contributed by atoms with Gasteiger partial charge >= 0.3 is 6.09 Å². The molecule has 0 radical (unpaired) electrons. The molecule has 2 rings (SSSR count). The molecule has 1 saturated heterocycles. The summed E-state index contributed by atoms with van der Waals surface area (Å²) in [6.07, 6.45) is -1.30. The highest BCUT2D eigenvalue weighted by atomic mass is 16.6. The van der Waals surface area contributed by atoms with Crippen molar-refractivity contribution < 1.29 is 19.1 Å². The van der Waals surface area contributed by atoms with E-state index in [4.69, 9.17) is 9.47 Å². The fourth-order valence-electron chi connectivity index (χ4n) is 1.57. The molecular weight excluding hydrogens is 222 g/mol. The summed E-state index contributed by atoms with van der Waals surface area (Å²) < 4.78 is 10.1. The largest absolute Gasteiger partial charge is 0.481 e. The first-order chi connectivity index (χ1) is 8.18. The molecule has 1 aliphatic heterocycles. The summed E-state index contributed by atoms with van der Waals surface area (Å²) in [5.41, 5.74) is 0. The number of carbonyl (C=O) groups is 2. The number of benzene rings is 1. The van der Waals surface area contributed by atoms with E-state index in [0.29, 0.717) is 12.3 Å². The van der Waals surface area contributed by atoms with Gasteiger partial charge in [-0.1, -0.05) is 18.2 Å². The van der Waals surface area contributed by atoms with E-state index in [1.54, 1.807) is 19.1 Å². The number of para-hydroxylation sites is 1. The molecule has 0 bridgehead atoms. The van der Waals surface area contributed by atoms with Crippen LogP contribution in [0.2, 0.25) is 0 Å². The number of imide groups is 1. The highest BCUT2D eigenvalue weighted by Gasteiger charge is 2.32. The van der Waals surface area contributed by atoms with E-state index in [1.807, 2.05) is 18.2 Å². The predicted molar refractivity (Wildman–Crippen MR) is 59.6 cm³/mol. The van der Waals surface area contributed by atoms with E-state index < -0.39 is 12.2 Å². The standard InChI is InChI=1S/C12H13NO4/c1-9(17-10-5-3-2-4-6-10)11(14)13-7-8-16-12(13)15/h2-6,9H,7-8H2,1H3/t9-/m0/s1. The Kier molecular flexibility index (Phi) is 3.27. The summed E-state index contributed by atoms with van der Waals surface area (Å²) in [4.78, 5) is 24.1. The van der Waals surface area contributed by atoms with Crippen LogP contribution < -0.4 is 4.74 Å². The van der Waals surface area contributed by atoms with Crippen LogP contribution in [0.15, 0.2) is 30.3 Å². The smallest absolute Gasteiger partial charge is 0.416 e. The van der Waals surface area contributed by atoms with Gasteiger partial charge in [-0.25, -0.2) is 9.69 Å². The molecule has 0 aromatic heterocycles. The van der Waals surface area contributed by atoms with Crippen LogP contribution in [0.4, 0.5) is 4.79 Å². The van der Waals surface area contributed by atoms with Crippen molar-refractivity contribution in [3.63, 3.8) is 0 Å². The fourth-order valence-corrected chi connectivity index (χ4v) is 1.57. The van der Waals surface area contributed by atoms with Gasteiger partial charge in [0.05, 0.1) is 6.54 Å². The first-order valence-corrected chi connectivity index (χ1v) is 5.38. The number of amides is 2. The van der Waals surface area contributed by atoms with Gasteiger partial charge in [0.15, 0.2) is 6.10 Å². The highest BCUT2D eigenvalue weighted by Crippen LogP contribution is 2.13. The molecule has 5 heteroatoms. The normalized spacial score (nSPS) is 16.5. The maximum absolute atomic E-state index is 11.9. The average Bonchev–Trinajstić information content (AvgIpc) is 2.76. The lowest BCUT2D eigenvalue weighted by molar-refractivity contribution is -0.134. The first kappa shape index (κ1) is 11.4. The molecule has 0 unspecified atom stereocenters. The lowest BCUT2D eigenvalue weighted by atomic mass is 10.3. The summed E-state index contributed by atoms with van der Waals surface area (Å²) in [6, 6.07) is 9.00. The van der Waals surface area contributed by atoms with Gasteiger partial charge in [0.2, 0.25) is 0 Å².